The van der Waals surface area contributed by atoms with Gasteiger partial charge in [-0.2, -0.15) is 0 Å². The van der Waals surface area contributed by atoms with Crippen LogP contribution in [0.1, 0.15) is 24.8 Å². The van der Waals surface area contributed by atoms with Gasteiger partial charge in [-0.3, -0.25) is 4.79 Å². The first-order valence-corrected chi connectivity index (χ1v) is 7.12. The molecule has 0 unspecified atom stereocenters. The maximum Gasteiger partial charge on any atom is 0.308 e. The van der Waals surface area contributed by atoms with E-state index in [0.29, 0.717) is 19.4 Å². The molecule has 0 aromatic heterocycles. The number of esters is 1. The maximum atomic E-state index is 11.4. The average molecular weight is 294 g/mol. The van der Waals surface area contributed by atoms with Crippen LogP contribution in [0.25, 0.3) is 0 Å². The predicted octanol–water partition coefficient (Wildman–Crippen LogP) is 2.29. The first-order valence-electron chi connectivity index (χ1n) is 7.12. The molecule has 1 fully saturated rings. The molecule has 0 saturated carbocycles. The summed E-state index contributed by atoms with van der Waals surface area (Å²) in [6, 6.07) is 10.0. The van der Waals surface area contributed by atoms with Crippen LogP contribution in [0.3, 0.4) is 0 Å². The minimum atomic E-state index is -0.339. The van der Waals surface area contributed by atoms with Gasteiger partial charge in [0.2, 0.25) is 0 Å². The molecule has 1 aliphatic heterocycles. The van der Waals surface area contributed by atoms with Crippen molar-refractivity contribution in [2.75, 3.05) is 14.2 Å². The van der Waals surface area contributed by atoms with Crippen molar-refractivity contribution >= 4 is 5.97 Å². The van der Waals surface area contributed by atoms with Gasteiger partial charge in [0, 0.05) is 20.0 Å². The summed E-state index contributed by atoms with van der Waals surface area (Å²) in [5, 5.41) is 0. The van der Waals surface area contributed by atoms with Gasteiger partial charge in [0.1, 0.15) is 0 Å². The lowest BCUT2D eigenvalue weighted by Gasteiger charge is -2.34. The fourth-order valence-corrected chi connectivity index (χ4v) is 2.41. The van der Waals surface area contributed by atoms with Crippen LogP contribution in [-0.2, 0) is 30.3 Å². The zero-order chi connectivity index (χ0) is 15.1. The van der Waals surface area contributed by atoms with E-state index in [2.05, 4.69) is 4.74 Å². The van der Waals surface area contributed by atoms with E-state index in [4.69, 9.17) is 14.2 Å². The molecule has 3 atom stereocenters. The van der Waals surface area contributed by atoms with Gasteiger partial charge in [-0.15, -0.1) is 0 Å². The Bertz CT molecular complexity index is 434. The highest BCUT2D eigenvalue weighted by Crippen LogP contribution is 2.25. The second kappa shape index (κ2) is 8.12. The molecule has 0 amide bonds. The standard InChI is InChI=1S/C16H22O5/c1-18-15(17)9-14-8-13(10-16(19-2)21-14)20-11-12-6-4-3-5-7-12/h3-7,13-14,16H,8-11H2,1-2H3/t13-,14-,16-/m1/s1. The first kappa shape index (κ1) is 15.9. The number of rotatable bonds is 6. The Labute approximate surface area is 125 Å². The number of hydrogen-bond donors (Lipinski definition) is 0. The van der Waals surface area contributed by atoms with Gasteiger partial charge in [-0.05, 0) is 5.56 Å². The molecular weight excluding hydrogens is 272 g/mol. The van der Waals surface area contributed by atoms with E-state index in [9.17, 15) is 4.79 Å². The molecule has 0 spiro atoms. The molecule has 0 bridgehead atoms. The fraction of sp³-hybridized carbons (Fsp3) is 0.562. The van der Waals surface area contributed by atoms with E-state index in [-0.39, 0.29) is 30.9 Å². The SMILES string of the molecule is COC(=O)C[C@H]1C[C@@H](OCc2ccccc2)C[C@H](OC)O1. The Balaban J connectivity index is 1.87. The third kappa shape index (κ3) is 5.12. The van der Waals surface area contributed by atoms with Crippen LogP contribution >= 0.6 is 0 Å². The van der Waals surface area contributed by atoms with Crippen molar-refractivity contribution in [3.63, 3.8) is 0 Å². The minimum absolute atomic E-state index is 0.0126. The highest BCUT2D eigenvalue weighted by Gasteiger charge is 2.31. The Morgan fingerprint density at radius 2 is 2.00 bits per heavy atom. The van der Waals surface area contributed by atoms with E-state index in [1.165, 1.54) is 7.11 Å². The number of carbonyl (C=O) groups excluding carboxylic acids is 1. The maximum absolute atomic E-state index is 11.4. The number of benzene rings is 1. The Hall–Kier alpha value is -1.43. The van der Waals surface area contributed by atoms with Crippen LogP contribution in [-0.4, -0.2) is 38.7 Å². The number of ether oxygens (including phenoxy) is 4. The van der Waals surface area contributed by atoms with E-state index >= 15 is 0 Å². The Morgan fingerprint density at radius 1 is 1.24 bits per heavy atom. The van der Waals surface area contributed by atoms with Crippen LogP contribution < -0.4 is 0 Å². The molecule has 0 aliphatic carbocycles. The first-order chi connectivity index (χ1) is 10.2. The highest BCUT2D eigenvalue weighted by atomic mass is 16.7. The lowest BCUT2D eigenvalue weighted by Crippen LogP contribution is -2.39. The quantitative estimate of drug-likeness (QED) is 0.753. The molecule has 0 radical (unpaired) electrons. The number of methoxy groups -OCH3 is 2. The van der Waals surface area contributed by atoms with Gasteiger partial charge in [-0.1, -0.05) is 30.3 Å². The average Bonchev–Trinajstić information content (AvgIpc) is 2.53. The molecule has 0 N–H and O–H groups in total. The van der Waals surface area contributed by atoms with Crippen molar-refractivity contribution in [1.29, 1.82) is 0 Å². The summed E-state index contributed by atoms with van der Waals surface area (Å²) in [5.74, 6) is -0.279. The molecule has 116 valence electrons. The van der Waals surface area contributed by atoms with Gasteiger partial charge in [-0.25, -0.2) is 0 Å². The molecule has 1 saturated heterocycles. The van der Waals surface area contributed by atoms with Crippen LogP contribution in [0.2, 0.25) is 0 Å². The van der Waals surface area contributed by atoms with E-state index in [0.717, 1.165) is 5.56 Å². The molecule has 1 aliphatic rings. The second-order valence-corrected chi connectivity index (χ2v) is 5.09. The van der Waals surface area contributed by atoms with Crippen LogP contribution in [0.5, 0.6) is 0 Å². The zero-order valence-corrected chi connectivity index (χ0v) is 12.5. The van der Waals surface area contributed by atoms with Crippen LogP contribution in [0.15, 0.2) is 30.3 Å². The predicted molar refractivity (Wildman–Crippen MR) is 76.6 cm³/mol. The second-order valence-electron chi connectivity index (χ2n) is 5.09. The van der Waals surface area contributed by atoms with Crippen molar-refractivity contribution in [3.05, 3.63) is 35.9 Å². The third-order valence-corrected chi connectivity index (χ3v) is 3.54. The number of hydrogen-bond acceptors (Lipinski definition) is 5. The Morgan fingerprint density at radius 3 is 2.67 bits per heavy atom. The normalized spacial score (nSPS) is 25.5. The largest absolute Gasteiger partial charge is 0.469 e. The molecule has 1 aromatic carbocycles. The fourth-order valence-electron chi connectivity index (χ4n) is 2.41. The van der Waals surface area contributed by atoms with Crippen molar-refractivity contribution in [1.82, 2.24) is 0 Å². The van der Waals surface area contributed by atoms with Crippen LogP contribution in [0, 0.1) is 0 Å². The molecular formula is C16H22O5. The molecule has 5 nitrogen and oxygen atoms in total. The zero-order valence-electron chi connectivity index (χ0n) is 12.5. The summed E-state index contributed by atoms with van der Waals surface area (Å²) in [4.78, 5) is 11.4. The van der Waals surface area contributed by atoms with E-state index in [1.54, 1.807) is 7.11 Å². The molecule has 21 heavy (non-hydrogen) atoms. The van der Waals surface area contributed by atoms with Crippen molar-refractivity contribution in [2.45, 2.75) is 44.4 Å². The molecule has 2 rings (SSSR count). The lowest BCUT2D eigenvalue weighted by atomic mass is 10.0. The third-order valence-electron chi connectivity index (χ3n) is 3.54. The van der Waals surface area contributed by atoms with Crippen molar-refractivity contribution in [3.8, 4) is 0 Å². The monoisotopic (exact) mass is 294 g/mol. The summed E-state index contributed by atoms with van der Waals surface area (Å²) in [6.45, 7) is 0.548. The van der Waals surface area contributed by atoms with E-state index < -0.39 is 0 Å². The van der Waals surface area contributed by atoms with Gasteiger partial charge >= 0.3 is 5.97 Å². The smallest absolute Gasteiger partial charge is 0.308 e. The summed E-state index contributed by atoms with van der Waals surface area (Å²) in [7, 11) is 2.97. The van der Waals surface area contributed by atoms with Gasteiger partial charge in [0.05, 0.1) is 32.3 Å². The Kier molecular flexibility index (Phi) is 6.17. The summed E-state index contributed by atoms with van der Waals surface area (Å²) in [6.07, 6.45) is 1.01. The summed E-state index contributed by atoms with van der Waals surface area (Å²) >= 11 is 0. The molecule has 1 aromatic rings. The van der Waals surface area contributed by atoms with Crippen LogP contribution in [0.4, 0.5) is 0 Å². The highest BCUT2D eigenvalue weighted by molar-refractivity contribution is 5.69. The van der Waals surface area contributed by atoms with Gasteiger partial charge in [0.15, 0.2) is 6.29 Å². The topological polar surface area (TPSA) is 54.0 Å². The van der Waals surface area contributed by atoms with E-state index in [1.807, 2.05) is 30.3 Å². The van der Waals surface area contributed by atoms with Crippen molar-refractivity contribution < 1.29 is 23.7 Å². The minimum Gasteiger partial charge on any atom is -0.469 e. The molecule has 1 heterocycles. The summed E-state index contributed by atoms with van der Waals surface area (Å²) in [5.41, 5.74) is 1.13. The number of carbonyl (C=O) groups is 1. The summed E-state index contributed by atoms with van der Waals surface area (Å²) < 4.78 is 21.6. The van der Waals surface area contributed by atoms with Crippen molar-refractivity contribution in [2.24, 2.45) is 0 Å². The van der Waals surface area contributed by atoms with Gasteiger partial charge < -0.3 is 18.9 Å². The van der Waals surface area contributed by atoms with Gasteiger partial charge in [0.25, 0.3) is 0 Å². The lowest BCUT2D eigenvalue weighted by molar-refractivity contribution is -0.215. The molecule has 5 heteroatoms.